The van der Waals surface area contributed by atoms with Gasteiger partial charge < -0.3 is 10.5 Å². The van der Waals surface area contributed by atoms with Crippen molar-refractivity contribution in [3.63, 3.8) is 0 Å². The van der Waals surface area contributed by atoms with Crippen LogP contribution >= 0.6 is 0 Å². The molecule has 1 aliphatic carbocycles. The molecule has 5 nitrogen and oxygen atoms in total. The number of rotatable bonds is 7. The predicted molar refractivity (Wildman–Crippen MR) is 82.7 cm³/mol. The maximum absolute atomic E-state index is 12.5. The Kier molecular flexibility index (Phi) is 5.61. The number of hydrogen-bond acceptors (Lipinski definition) is 4. The molecule has 1 saturated carbocycles. The SMILES string of the molecule is CCOc1cccc(S(=O)(=O)NC(CN)C2CCCC2)c1. The maximum atomic E-state index is 12.5. The molecule has 1 fully saturated rings. The average molecular weight is 312 g/mol. The van der Waals surface area contributed by atoms with Crippen LogP contribution in [-0.4, -0.2) is 27.6 Å². The molecule has 1 aromatic rings. The molecule has 21 heavy (non-hydrogen) atoms. The van der Waals surface area contributed by atoms with E-state index in [1.54, 1.807) is 24.3 Å². The molecule has 1 aliphatic rings. The highest BCUT2D eigenvalue weighted by atomic mass is 32.2. The lowest BCUT2D eigenvalue weighted by Gasteiger charge is -2.23. The van der Waals surface area contributed by atoms with E-state index in [1.165, 1.54) is 0 Å². The Morgan fingerprint density at radius 2 is 2.10 bits per heavy atom. The molecule has 1 aromatic carbocycles. The maximum Gasteiger partial charge on any atom is 0.241 e. The molecule has 0 radical (unpaired) electrons. The lowest BCUT2D eigenvalue weighted by atomic mass is 9.99. The van der Waals surface area contributed by atoms with Gasteiger partial charge in [0.1, 0.15) is 5.75 Å². The van der Waals surface area contributed by atoms with Gasteiger partial charge in [-0.15, -0.1) is 0 Å². The zero-order valence-electron chi connectivity index (χ0n) is 12.4. The standard InChI is InChI=1S/C15H24N2O3S/c1-2-20-13-8-5-9-14(10-13)21(18,19)17-15(11-16)12-6-3-4-7-12/h5,8-10,12,15,17H,2-4,6-7,11,16H2,1H3. The summed E-state index contributed by atoms with van der Waals surface area (Å²) in [5.41, 5.74) is 5.76. The van der Waals surface area contributed by atoms with E-state index >= 15 is 0 Å². The quantitative estimate of drug-likeness (QED) is 0.805. The highest BCUT2D eigenvalue weighted by Gasteiger charge is 2.28. The van der Waals surface area contributed by atoms with Crippen LogP contribution in [0.3, 0.4) is 0 Å². The summed E-state index contributed by atoms with van der Waals surface area (Å²) in [6, 6.07) is 6.38. The molecule has 2 rings (SSSR count). The molecule has 0 spiro atoms. The zero-order valence-corrected chi connectivity index (χ0v) is 13.2. The van der Waals surface area contributed by atoms with Gasteiger partial charge in [-0.25, -0.2) is 13.1 Å². The molecule has 6 heteroatoms. The van der Waals surface area contributed by atoms with Gasteiger partial charge in [0.15, 0.2) is 0 Å². The third-order valence-corrected chi connectivity index (χ3v) is 5.44. The first kappa shape index (κ1) is 16.3. The lowest BCUT2D eigenvalue weighted by molar-refractivity contribution is 0.339. The first-order valence-electron chi connectivity index (χ1n) is 7.52. The van der Waals surface area contributed by atoms with Gasteiger partial charge in [-0.2, -0.15) is 0 Å². The van der Waals surface area contributed by atoms with Crippen molar-refractivity contribution >= 4 is 10.0 Å². The molecule has 0 aromatic heterocycles. The predicted octanol–water partition coefficient (Wildman–Crippen LogP) is 1.88. The fourth-order valence-electron chi connectivity index (χ4n) is 2.86. The summed E-state index contributed by atoms with van der Waals surface area (Å²) in [5.74, 6) is 0.908. The Labute approximate surface area is 126 Å². The van der Waals surface area contributed by atoms with Crippen LogP contribution in [0.25, 0.3) is 0 Å². The summed E-state index contributed by atoms with van der Waals surface area (Å²) < 4.78 is 33.1. The van der Waals surface area contributed by atoms with Gasteiger partial charge in [0.2, 0.25) is 10.0 Å². The molecule has 0 aliphatic heterocycles. The molecule has 0 saturated heterocycles. The number of nitrogens with one attached hydrogen (secondary N) is 1. The van der Waals surface area contributed by atoms with Gasteiger partial charge >= 0.3 is 0 Å². The topological polar surface area (TPSA) is 81.4 Å². The molecule has 118 valence electrons. The van der Waals surface area contributed by atoms with E-state index in [-0.39, 0.29) is 10.9 Å². The minimum atomic E-state index is -3.56. The van der Waals surface area contributed by atoms with Crippen molar-refractivity contribution in [2.45, 2.75) is 43.5 Å². The molecule has 3 N–H and O–H groups in total. The molecule has 0 amide bonds. The Morgan fingerprint density at radius 1 is 1.38 bits per heavy atom. The fourth-order valence-corrected chi connectivity index (χ4v) is 4.21. The van der Waals surface area contributed by atoms with E-state index in [0.717, 1.165) is 25.7 Å². The van der Waals surface area contributed by atoms with Crippen LogP contribution < -0.4 is 15.2 Å². The summed E-state index contributed by atoms with van der Waals surface area (Å²) in [7, 11) is -3.56. The van der Waals surface area contributed by atoms with Gasteiger partial charge in [-0.05, 0) is 37.8 Å². The van der Waals surface area contributed by atoms with Crippen LogP contribution in [0, 0.1) is 5.92 Å². The lowest BCUT2D eigenvalue weighted by Crippen LogP contribution is -2.44. The minimum absolute atomic E-state index is 0.187. The zero-order chi connectivity index (χ0) is 15.3. The van der Waals surface area contributed by atoms with Crippen LogP contribution in [0.5, 0.6) is 5.75 Å². The number of hydrogen-bond donors (Lipinski definition) is 2. The minimum Gasteiger partial charge on any atom is -0.494 e. The van der Waals surface area contributed by atoms with Crippen molar-refractivity contribution in [3.8, 4) is 5.75 Å². The molecular weight excluding hydrogens is 288 g/mol. The Hall–Kier alpha value is -1.11. The van der Waals surface area contributed by atoms with E-state index in [4.69, 9.17) is 10.5 Å². The molecule has 0 heterocycles. The highest BCUT2D eigenvalue weighted by molar-refractivity contribution is 7.89. The monoisotopic (exact) mass is 312 g/mol. The first-order valence-corrected chi connectivity index (χ1v) is 9.00. The van der Waals surface area contributed by atoms with E-state index < -0.39 is 10.0 Å². The summed E-state index contributed by atoms with van der Waals surface area (Å²) in [5, 5.41) is 0. The van der Waals surface area contributed by atoms with Crippen molar-refractivity contribution in [2.24, 2.45) is 11.7 Å². The van der Waals surface area contributed by atoms with Crippen molar-refractivity contribution < 1.29 is 13.2 Å². The summed E-state index contributed by atoms with van der Waals surface area (Å²) in [6.45, 7) is 2.70. The van der Waals surface area contributed by atoms with Crippen molar-refractivity contribution in [1.29, 1.82) is 0 Å². The van der Waals surface area contributed by atoms with E-state index in [1.807, 2.05) is 6.92 Å². The van der Waals surface area contributed by atoms with E-state index in [0.29, 0.717) is 24.8 Å². The fraction of sp³-hybridized carbons (Fsp3) is 0.600. The molecule has 1 atom stereocenters. The third kappa shape index (κ3) is 4.18. The second-order valence-corrected chi connectivity index (χ2v) is 7.13. The van der Waals surface area contributed by atoms with Gasteiger partial charge in [0, 0.05) is 18.7 Å². The largest absolute Gasteiger partial charge is 0.494 e. The number of benzene rings is 1. The molecule has 1 unspecified atom stereocenters. The van der Waals surface area contributed by atoms with Crippen molar-refractivity contribution in [3.05, 3.63) is 24.3 Å². The van der Waals surface area contributed by atoms with Crippen molar-refractivity contribution in [1.82, 2.24) is 4.72 Å². The van der Waals surface area contributed by atoms with Gasteiger partial charge in [0.25, 0.3) is 0 Å². The van der Waals surface area contributed by atoms with Crippen molar-refractivity contribution in [2.75, 3.05) is 13.2 Å². The van der Waals surface area contributed by atoms with Gasteiger partial charge in [-0.3, -0.25) is 0 Å². The van der Waals surface area contributed by atoms with Crippen LogP contribution in [0.4, 0.5) is 0 Å². The molecule has 0 bridgehead atoms. The number of nitrogens with two attached hydrogens (primary N) is 1. The molecular formula is C15H24N2O3S. The normalized spacial score (nSPS) is 17.8. The number of sulfonamides is 1. The van der Waals surface area contributed by atoms with Crippen LogP contribution in [0.1, 0.15) is 32.6 Å². The Morgan fingerprint density at radius 3 is 2.71 bits per heavy atom. The first-order chi connectivity index (χ1) is 10.1. The van der Waals surface area contributed by atoms with Gasteiger partial charge in [-0.1, -0.05) is 18.9 Å². The summed E-state index contributed by atoms with van der Waals surface area (Å²) in [4.78, 5) is 0.227. The smallest absolute Gasteiger partial charge is 0.241 e. The average Bonchev–Trinajstić information content (AvgIpc) is 2.99. The van der Waals surface area contributed by atoms with Crippen LogP contribution in [0.2, 0.25) is 0 Å². The third-order valence-electron chi connectivity index (χ3n) is 3.96. The Balaban J connectivity index is 2.14. The van der Waals surface area contributed by atoms with E-state index in [2.05, 4.69) is 4.72 Å². The summed E-state index contributed by atoms with van der Waals surface area (Å²) in [6.07, 6.45) is 4.40. The second kappa shape index (κ2) is 7.24. The number of ether oxygens (including phenoxy) is 1. The second-order valence-electron chi connectivity index (χ2n) is 5.42. The van der Waals surface area contributed by atoms with Crippen LogP contribution in [-0.2, 0) is 10.0 Å². The Bertz CT molecular complexity index is 554. The van der Waals surface area contributed by atoms with Crippen LogP contribution in [0.15, 0.2) is 29.2 Å². The van der Waals surface area contributed by atoms with E-state index in [9.17, 15) is 8.42 Å². The highest BCUT2D eigenvalue weighted by Crippen LogP contribution is 2.28. The summed E-state index contributed by atoms with van der Waals surface area (Å²) >= 11 is 0. The van der Waals surface area contributed by atoms with Gasteiger partial charge in [0.05, 0.1) is 11.5 Å².